The van der Waals surface area contributed by atoms with E-state index in [0.29, 0.717) is 23.2 Å². The summed E-state index contributed by atoms with van der Waals surface area (Å²) in [6.45, 7) is 0. The van der Waals surface area contributed by atoms with Crippen molar-refractivity contribution < 1.29 is 4.42 Å². The van der Waals surface area contributed by atoms with Crippen LogP contribution in [0.1, 0.15) is 29.0 Å². The Kier molecular flexibility index (Phi) is 3.99. The molecule has 5 heteroatoms. The highest BCUT2D eigenvalue weighted by Crippen LogP contribution is 2.19. The number of rotatable bonds is 4. The Bertz CT molecular complexity index is 727. The van der Waals surface area contributed by atoms with Gasteiger partial charge in [-0.25, -0.2) is 0 Å². The minimum absolute atomic E-state index is 0.410. The molecule has 1 atom stereocenters. The van der Waals surface area contributed by atoms with Gasteiger partial charge in [0.15, 0.2) is 0 Å². The standard InChI is InChI=1S/C16H14ClN3O/c17-13-8-4-5-11(9-13)10-14-19-20-16(21-14)15(18)12-6-2-1-3-7-12/h1-9,15H,10,18H2. The molecule has 4 nitrogen and oxygen atoms in total. The molecule has 1 unspecified atom stereocenters. The van der Waals surface area contributed by atoms with Crippen LogP contribution in [0.3, 0.4) is 0 Å². The average molecular weight is 300 g/mol. The number of halogens is 1. The van der Waals surface area contributed by atoms with Gasteiger partial charge in [-0.2, -0.15) is 0 Å². The lowest BCUT2D eigenvalue weighted by Gasteiger charge is -2.06. The SMILES string of the molecule is NC(c1ccccc1)c1nnc(Cc2cccc(Cl)c2)o1. The molecule has 106 valence electrons. The maximum absolute atomic E-state index is 6.13. The van der Waals surface area contributed by atoms with E-state index >= 15 is 0 Å². The second-order valence-corrected chi connectivity index (χ2v) is 5.17. The summed E-state index contributed by atoms with van der Waals surface area (Å²) >= 11 is 5.96. The minimum Gasteiger partial charge on any atom is -0.423 e. The number of hydrogen-bond donors (Lipinski definition) is 1. The van der Waals surface area contributed by atoms with Gasteiger partial charge in [0.1, 0.15) is 6.04 Å². The van der Waals surface area contributed by atoms with E-state index in [9.17, 15) is 0 Å². The number of benzene rings is 2. The molecule has 0 radical (unpaired) electrons. The Morgan fingerprint density at radius 2 is 1.86 bits per heavy atom. The summed E-state index contributed by atoms with van der Waals surface area (Å²) in [5, 5.41) is 8.77. The first-order chi connectivity index (χ1) is 10.2. The Morgan fingerprint density at radius 3 is 2.62 bits per heavy atom. The van der Waals surface area contributed by atoms with Crippen molar-refractivity contribution in [2.75, 3.05) is 0 Å². The molecule has 0 aliphatic rings. The van der Waals surface area contributed by atoms with Gasteiger partial charge in [-0.3, -0.25) is 0 Å². The molecular weight excluding hydrogens is 286 g/mol. The zero-order chi connectivity index (χ0) is 14.7. The Hall–Kier alpha value is -2.17. The minimum atomic E-state index is -0.410. The lowest BCUT2D eigenvalue weighted by molar-refractivity contribution is 0.441. The average Bonchev–Trinajstić information content (AvgIpc) is 2.96. The summed E-state index contributed by atoms with van der Waals surface area (Å²) in [5.74, 6) is 0.942. The Balaban J connectivity index is 1.77. The van der Waals surface area contributed by atoms with Crippen LogP contribution >= 0.6 is 11.6 Å². The molecule has 0 bridgehead atoms. The van der Waals surface area contributed by atoms with Gasteiger partial charge in [-0.15, -0.1) is 10.2 Å². The Labute approximate surface area is 127 Å². The molecule has 2 aromatic carbocycles. The van der Waals surface area contributed by atoms with Crippen molar-refractivity contribution in [3.8, 4) is 0 Å². The molecule has 0 aliphatic carbocycles. The first-order valence-electron chi connectivity index (χ1n) is 6.59. The number of aromatic nitrogens is 2. The van der Waals surface area contributed by atoms with Crippen LogP contribution in [0.2, 0.25) is 5.02 Å². The fourth-order valence-electron chi connectivity index (χ4n) is 2.09. The molecule has 21 heavy (non-hydrogen) atoms. The summed E-state index contributed by atoms with van der Waals surface area (Å²) in [7, 11) is 0. The number of hydrogen-bond acceptors (Lipinski definition) is 4. The van der Waals surface area contributed by atoms with E-state index in [1.165, 1.54) is 0 Å². The highest BCUT2D eigenvalue weighted by Gasteiger charge is 2.16. The summed E-state index contributed by atoms with van der Waals surface area (Å²) < 4.78 is 5.65. The molecule has 0 saturated carbocycles. The molecule has 2 N–H and O–H groups in total. The van der Waals surface area contributed by atoms with Gasteiger partial charge in [0.05, 0.1) is 6.42 Å². The van der Waals surface area contributed by atoms with Crippen LogP contribution in [0.25, 0.3) is 0 Å². The fourth-order valence-corrected chi connectivity index (χ4v) is 2.30. The van der Waals surface area contributed by atoms with Gasteiger partial charge in [0.2, 0.25) is 11.8 Å². The first kappa shape index (κ1) is 13.8. The molecule has 0 saturated heterocycles. The van der Waals surface area contributed by atoms with Gasteiger partial charge >= 0.3 is 0 Å². The van der Waals surface area contributed by atoms with E-state index < -0.39 is 6.04 Å². The third-order valence-electron chi connectivity index (χ3n) is 3.15. The largest absolute Gasteiger partial charge is 0.423 e. The van der Waals surface area contributed by atoms with Crippen LogP contribution in [0.5, 0.6) is 0 Å². The van der Waals surface area contributed by atoms with Crippen molar-refractivity contribution in [1.29, 1.82) is 0 Å². The van der Waals surface area contributed by atoms with Gasteiger partial charge in [-0.1, -0.05) is 54.1 Å². The number of nitrogens with zero attached hydrogens (tertiary/aromatic N) is 2. The zero-order valence-corrected chi connectivity index (χ0v) is 12.0. The van der Waals surface area contributed by atoms with E-state index in [1.54, 1.807) is 0 Å². The first-order valence-corrected chi connectivity index (χ1v) is 6.97. The highest BCUT2D eigenvalue weighted by molar-refractivity contribution is 6.30. The number of nitrogens with two attached hydrogens (primary N) is 1. The predicted octanol–water partition coefficient (Wildman–Crippen LogP) is 3.36. The summed E-state index contributed by atoms with van der Waals surface area (Å²) in [4.78, 5) is 0. The van der Waals surface area contributed by atoms with Gasteiger partial charge in [0, 0.05) is 5.02 Å². The normalized spacial score (nSPS) is 12.3. The quantitative estimate of drug-likeness (QED) is 0.802. The smallest absolute Gasteiger partial charge is 0.237 e. The molecule has 0 aliphatic heterocycles. The molecule has 0 amide bonds. The summed E-state index contributed by atoms with van der Waals surface area (Å²) in [6, 6.07) is 16.8. The maximum atomic E-state index is 6.13. The van der Waals surface area contributed by atoms with Crippen molar-refractivity contribution in [2.45, 2.75) is 12.5 Å². The summed E-state index contributed by atoms with van der Waals surface area (Å²) in [5.41, 5.74) is 8.09. The molecule has 0 fully saturated rings. The molecule has 1 aromatic heterocycles. The van der Waals surface area contributed by atoms with Gasteiger partial charge in [0.25, 0.3) is 0 Å². The van der Waals surface area contributed by atoms with E-state index in [-0.39, 0.29) is 0 Å². The Morgan fingerprint density at radius 1 is 1.05 bits per heavy atom. The third-order valence-corrected chi connectivity index (χ3v) is 3.39. The van der Waals surface area contributed by atoms with Crippen molar-refractivity contribution in [3.05, 3.63) is 82.5 Å². The van der Waals surface area contributed by atoms with Crippen molar-refractivity contribution in [3.63, 3.8) is 0 Å². The van der Waals surface area contributed by atoms with Crippen LogP contribution in [0.4, 0.5) is 0 Å². The van der Waals surface area contributed by atoms with Crippen LogP contribution in [-0.2, 0) is 6.42 Å². The predicted molar refractivity (Wildman–Crippen MR) is 81.0 cm³/mol. The lowest BCUT2D eigenvalue weighted by Crippen LogP contribution is -2.11. The van der Waals surface area contributed by atoms with Gasteiger partial charge < -0.3 is 10.2 Å². The van der Waals surface area contributed by atoms with E-state index in [0.717, 1.165) is 11.1 Å². The topological polar surface area (TPSA) is 64.9 Å². The van der Waals surface area contributed by atoms with Gasteiger partial charge in [-0.05, 0) is 23.3 Å². The van der Waals surface area contributed by atoms with Crippen molar-refractivity contribution in [2.24, 2.45) is 5.73 Å². The van der Waals surface area contributed by atoms with Crippen molar-refractivity contribution in [1.82, 2.24) is 10.2 Å². The second kappa shape index (κ2) is 6.08. The second-order valence-electron chi connectivity index (χ2n) is 4.73. The van der Waals surface area contributed by atoms with Crippen LogP contribution in [0, 0.1) is 0 Å². The maximum Gasteiger partial charge on any atom is 0.237 e. The lowest BCUT2D eigenvalue weighted by atomic mass is 10.1. The molecule has 0 spiro atoms. The van der Waals surface area contributed by atoms with E-state index in [4.69, 9.17) is 21.8 Å². The molecule has 3 aromatic rings. The molecule has 3 rings (SSSR count). The molecule has 1 heterocycles. The molecular formula is C16H14ClN3O. The van der Waals surface area contributed by atoms with Crippen molar-refractivity contribution >= 4 is 11.6 Å². The van der Waals surface area contributed by atoms with Crippen LogP contribution < -0.4 is 5.73 Å². The fraction of sp³-hybridized carbons (Fsp3) is 0.125. The van der Waals surface area contributed by atoms with Crippen LogP contribution in [0.15, 0.2) is 59.0 Å². The zero-order valence-electron chi connectivity index (χ0n) is 11.2. The highest BCUT2D eigenvalue weighted by atomic mass is 35.5. The van der Waals surface area contributed by atoms with E-state index in [2.05, 4.69) is 10.2 Å². The van der Waals surface area contributed by atoms with Crippen LogP contribution in [-0.4, -0.2) is 10.2 Å². The monoisotopic (exact) mass is 299 g/mol. The third kappa shape index (κ3) is 3.29. The van der Waals surface area contributed by atoms with E-state index in [1.807, 2.05) is 54.6 Å². The summed E-state index contributed by atoms with van der Waals surface area (Å²) in [6.07, 6.45) is 0.537.